The molecular weight excluding hydrogens is 274 g/mol. The molecule has 0 aliphatic heterocycles. The highest BCUT2D eigenvalue weighted by molar-refractivity contribution is 5.69. The van der Waals surface area contributed by atoms with E-state index in [-0.39, 0.29) is 17.3 Å². The Morgan fingerprint density at radius 1 is 1.33 bits per heavy atom. The van der Waals surface area contributed by atoms with E-state index in [1.54, 1.807) is 4.68 Å². The Morgan fingerprint density at radius 3 is 2.52 bits per heavy atom. The second kappa shape index (κ2) is 6.16. The van der Waals surface area contributed by atoms with Crippen molar-refractivity contribution in [2.75, 3.05) is 17.2 Å². The molecular formula is C12H17N7O2. The van der Waals surface area contributed by atoms with Crippen molar-refractivity contribution >= 4 is 17.3 Å². The second-order valence-corrected chi connectivity index (χ2v) is 4.47. The first-order valence-corrected chi connectivity index (χ1v) is 6.49. The topological polar surface area (TPSA) is 111 Å². The fourth-order valence-electron chi connectivity index (χ4n) is 1.98. The lowest BCUT2D eigenvalue weighted by atomic mass is 10.2. The SMILES string of the molecule is CCNc1ncnc(NCc2cn(C)nc2C)c1[N+](=O)[O-]. The third kappa shape index (κ3) is 3.25. The fourth-order valence-corrected chi connectivity index (χ4v) is 1.98. The van der Waals surface area contributed by atoms with Gasteiger partial charge in [0, 0.05) is 31.9 Å². The van der Waals surface area contributed by atoms with Gasteiger partial charge >= 0.3 is 5.69 Å². The van der Waals surface area contributed by atoms with Crippen LogP contribution in [0.1, 0.15) is 18.2 Å². The van der Waals surface area contributed by atoms with Gasteiger partial charge in [0.25, 0.3) is 0 Å². The van der Waals surface area contributed by atoms with Crippen molar-refractivity contribution in [1.82, 2.24) is 19.7 Å². The van der Waals surface area contributed by atoms with Gasteiger partial charge in [-0.05, 0) is 13.8 Å². The molecule has 0 aliphatic carbocycles. The van der Waals surface area contributed by atoms with Crippen LogP contribution < -0.4 is 10.6 Å². The first-order chi connectivity index (χ1) is 10.0. The van der Waals surface area contributed by atoms with Gasteiger partial charge in [0.1, 0.15) is 6.33 Å². The molecule has 9 nitrogen and oxygen atoms in total. The van der Waals surface area contributed by atoms with Gasteiger partial charge in [-0.1, -0.05) is 0 Å². The summed E-state index contributed by atoms with van der Waals surface area (Å²) in [5.74, 6) is 0.400. The van der Waals surface area contributed by atoms with Crippen molar-refractivity contribution in [1.29, 1.82) is 0 Å². The fraction of sp³-hybridized carbons (Fsp3) is 0.417. The summed E-state index contributed by atoms with van der Waals surface area (Å²) >= 11 is 0. The maximum absolute atomic E-state index is 11.2. The van der Waals surface area contributed by atoms with Crippen molar-refractivity contribution in [2.45, 2.75) is 20.4 Å². The smallest absolute Gasteiger partial charge is 0.353 e. The van der Waals surface area contributed by atoms with Gasteiger partial charge in [0.15, 0.2) is 0 Å². The molecule has 2 rings (SSSR count). The predicted molar refractivity (Wildman–Crippen MR) is 78.1 cm³/mol. The zero-order valence-corrected chi connectivity index (χ0v) is 12.1. The summed E-state index contributed by atoms with van der Waals surface area (Å²) in [6, 6.07) is 0. The van der Waals surface area contributed by atoms with Gasteiger partial charge in [-0.3, -0.25) is 14.8 Å². The van der Waals surface area contributed by atoms with E-state index >= 15 is 0 Å². The highest BCUT2D eigenvalue weighted by Crippen LogP contribution is 2.29. The Kier molecular flexibility index (Phi) is 4.31. The molecule has 0 spiro atoms. The summed E-state index contributed by atoms with van der Waals surface area (Å²) in [5.41, 5.74) is 1.67. The minimum Gasteiger partial charge on any atom is -0.364 e. The number of hydrogen-bond acceptors (Lipinski definition) is 7. The molecule has 0 saturated heterocycles. The number of nitro groups is 1. The minimum absolute atomic E-state index is 0.152. The van der Waals surface area contributed by atoms with Crippen LogP contribution in [-0.2, 0) is 13.6 Å². The average Bonchev–Trinajstić information content (AvgIpc) is 2.74. The quantitative estimate of drug-likeness (QED) is 0.612. The molecule has 21 heavy (non-hydrogen) atoms. The maximum atomic E-state index is 11.2. The van der Waals surface area contributed by atoms with E-state index in [1.165, 1.54) is 6.33 Å². The van der Waals surface area contributed by atoms with Crippen LogP contribution in [0.2, 0.25) is 0 Å². The van der Waals surface area contributed by atoms with E-state index in [9.17, 15) is 10.1 Å². The lowest BCUT2D eigenvalue weighted by Crippen LogP contribution is -2.09. The van der Waals surface area contributed by atoms with Crippen LogP contribution in [0.15, 0.2) is 12.5 Å². The van der Waals surface area contributed by atoms with Crippen molar-refractivity contribution in [3.8, 4) is 0 Å². The Balaban J connectivity index is 2.25. The summed E-state index contributed by atoms with van der Waals surface area (Å²) in [7, 11) is 1.83. The number of hydrogen-bond donors (Lipinski definition) is 2. The van der Waals surface area contributed by atoms with Crippen molar-refractivity contribution in [3.63, 3.8) is 0 Å². The molecule has 2 aromatic rings. The van der Waals surface area contributed by atoms with E-state index in [0.29, 0.717) is 13.1 Å². The minimum atomic E-state index is -0.490. The zero-order valence-electron chi connectivity index (χ0n) is 12.1. The molecule has 0 atom stereocenters. The lowest BCUT2D eigenvalue weighted by Gasteiger charge is -2.08. The van der Waals surface area contributed by atoms with E-state index in [4.69, 9.17) is 0 Å². The van der Waals surface area contributed by atoms with Gasteiger partial charge in [0.05, 0.1) is 10.6 Å². The normalized spacial score (nSPS) is 10.4. The van der Waals surface area contributed by atoms with Crippen LogP contribution in [0.4, 0.5) is 17.3 Å². The van der Waals surface area contributed by atoms with Crippen LogP contribution in [0.3, 0.4) is 0 Å². The van der Waals surface area contributed by atoms with Gasteiger partial charge < -0.3 is 10.6 Å². The van der Waals surface area contributed by atoms with Gasteiger partial charge in [-0.2, -0.15) is 5.10 Å². The first-order valence-electron chi connectivity index (χ1n) is 6.49. The molecule has 2 aromatic heterocycles. The molecule has 0 aliphatic rings. The number of rotatable bonds is 6. The average molecular weight is 291 g/mol. The molecule has 0 unspecified atom stereocenters. The summed E-state index contributed by atoms with van der Waals surface area (Å²) in [6.07, 6.45) is 3.16. The maximum Gasteiger partial charge on any atom is 0.353 e. The van der Waals surface area contributed by atoms with Gasteiger partial charge in [-0.15, -0.1) is 0 Å². The highest BCUT2D eigenvalue weighted by atomic mass is 16.6. The summed E-state index contributed by atoms with van der Waals surface area (Å²) in [4.78, 5) is 18.6. The Morgan fingerprint density at radius 2 is 2.00 bits per heavy atom. The van der Waals surface area contributed by atoms with Crippen LogP contribution >= 0.6 is 0 Å². The zero-order chi connectivity index (χ0) is 15.4. The molecule has 0 saturated carbocycles. The summed E-state index contributed by atoms with van der Waals surface area (Å²) < 4.78 is 1.70. The molecule has 0 aromatic carbocycles. The number of anilines is 2. The third-order valence-electron chi connectivity index (χ3n) is 2.91. The van der Waals surface area contributed by atoms with Crippen LogP contribution in [-0.4, -0.2) is 31.2 Å². The highest BCUT2D eigenvalue weighted by Gasteiger charge is 2.22. The molecule has 0 fully saturated rings. The lowest BCUT2D eigenvalue weighted by molar-refractivity contribution is -0.383. The van der Waals surface area contributed by atoms with E-state index in [0.717, 1.165) is 11.3 Å². The monoisotopic (exact) mass is 291 g/mol. The summed E-state index contributed by atoms with van der Waals surface area (Å²) in [6.45, 7) is 4.68. The largest absolute Gasteiger partial charge is 0.364 e. The Labute approximate surface area is 121 Å². The Bertz CT molecular complexity index is 653. The molecule has 9 heteroatoms. The van der Waals surface area contributed by atoms with Gasteiger partial charge in [-0.25, -0.2) is 9.97 Å². The van der Waals surface area contributed by atoms with E-state index < -0.39 is 4.92 Å². The molecule has 2 N–H and O–H groups in total. The molecule has 0 radical (unpaired) electrons. The predicted octanol–water partition coefficient (Wildman–Crippen LogP) is 1.47. The number of aryl methyl sites for hydroxylation is 2. The molecule has 2 heterocycles. The summed E-state index contributed by atoms with van der Waals surface area (Å²) in [5, 5.41) is 21.3. The van der Waals surface area contributed by atoms with E-state index in [1.807, 2.05) is 27.1 Å². The second-order valence-electron chi connectivity index (χ2n) is 4.47. The number of nitrogens with one attached hydrogen (secondary N) is 2. The molecule has 112 valence electrons. The Hall–Kier alpha value is -2.71. The van der Waals surface area contributed by atoms with E-state index in [2.05, 4.69) is 25.7 Å². The van der Waals surface area contributed by atoms with Crippen LogP contribution in [0.25, 0.3) is 0 Å². The van der Waals surface area contributed by atoms with Crippen LogP contribution in [0.5, 0.6) is 0 Å². The molecule has 0 bridgehead atoms. The standard InChI is InChI=1S/C12H17N7O2/c1-4-13-11-10(19(20)21)12(16-7-15-11)14-5-9-6-18(3)17-8(9)2/h6-7H,4-5H2,1-3H3,(H2,13,14,15,16). The first kappa shape index (κ1) is 14.7. The molecule has 0 amide bonds. The number of aromatic nitrogens is 4. The van der Waals surface area contributed by atoms with Gasteiger partial charge in [0.2, 0.25) is 11.6 Å². The number of nitrogens with zero attached hydrogens (tertiary/aromatic N) is 5. The van der Waals surface area contributed by atoms with Crippen molar-refractivity contribution < 1.29 is 4.92 Å². The van der Waals surface area contributed by atoms with Crippen molar-refractivity contribution in [2.24, 2.45) is 7.05 Å². The third-order valence-corrected chi connectivity index (χ3v) is 2.91. The van der Waals surface area contributed by atoms with Crippen molar-refractivity contribution in [3.05, 3.63) is 33.9 Å². The van der Waals surface area contributed by atoms with Crippen LogP contribution in [0, 0.1) is 17.0 Å².